The second kappa shape index (κ2) is 24.0. The molecule has 1 heterocycles. The molecule has 0 amide bonds. The summed E-state index contributed by atoms with van der Waals surface area (Å²) >= 11 is 1.58. The van der Waals surface area contributed by atoms with Crippen molar-refractivity contribution in [2.75, 3.05) is 24.8 Å². The average Bonchev–Trinajstić information content (AvgIpc) is 3.69. The van der Waals surface area contributed by atoms with E-state index in [0.717, 1.165) is 92.4 Å². The van der Waals surface area contributed by atoms with Crippen LogP contribution in [0.15, 0.2) is 84.5 Å². The molecule has 0 spiro atoms. The van der Waals surface area contributed by atoms with E-state index in [1.807, 2.05) is 23.2 Å². The summed E-state index contributed by atoms with van der Waals surface area (Å²) < 4.78 is 23.9. The summed E-state index contributed by atoms with van der Waals surface area (Å²) in [7, 11) is 0. The van der Waals surface area contributed by atoms with Gasteiger partial charge in [-0.05, 0) is 118 Å². The van der Waals surface area contributed by atoms with Gasteiger partial charge in [-0.1, -0.05) is 82.4 Å². The van der Waals surface area contributed by atoms with E-state index < -0.39 is 11.9 Å². The first-order chi connectivity index (χ1) is 28.4. The molecule has 1 aliphatic carbocycles. The molecule has 10 nitrogen and oxygen atoms in total. The maximum Gasteiger partial charge on any atom is 0.343 e. The number of hydrogen-bond acceptors (Lipinski definition) is 11. The first-order valence-electron chi connectivity index (χ1n) is 21.1. The van der Waals surface area contributed by atoms with Crippen molar-refractivity contribution < 1.29 is 33.3 Å². The van der Waals surface area contributed by atoms with Gasteiger partial charge in [0, 0.05) is 18.2 Å². The summed E-state index contributed by atoms with van der Waals surface area (Å²) in [6, 6.07) is 19.9. The Kier molecular flexibility index (Phi) is 18.3. The summed E-state index contributed by atoms with van der Waals surface area (Å²) in [6.45, 7) is 9.39. The van der Waals surface area contributed by atoms with Gasteiger partial charge in [0.2, 0.25) is 5.13 Å². The quantitative estimate of drug-likeness (QED) is 0.0170. The molecule has 0 aliphatic heterocycles. The summed E-state index contributed by atoms with van der Waals surface area (Å²) in [6.07, 6.45) is 18.1. The lowest BCUT2D eigenvalue weighted by Crippen LogP contribution is -2.25. The van der Waals surface area contributed by atoms with Crippen molar-refractivity contribution in [3.63, 3.8) is 0 Å². The van der Waals surface area contributed by atoms with Crippen molar-refractivity contribution in [3.8, 4) is 17.2 Å². The summed E-state index contributed by atoms with van der Waals surface area (Å²) in [5, 5.41) is 7.58. The molecule has 0 radical (unpaired) electrons. The van der Waals surface area contributed by atoms with E-state index in [4.69, 9.17) is 29.0 Å². The molecule has 5 rings (SSSR count). The molecule has 58 heavy (non-hydrogen) atoms. The number of hydrogen-bond donors (Lipinski definition) is 0. The number of para-hydroxylation sites is 1. The van der Waals surface area contributed by atoms with Gasteiger partial charge < -0.3 is 18.9 Å². The third kappa shape index (κ3) is 14.1. The van der Waals surface area contributed by atoms with E-state index >= 15 is 0 Å². The van der Waals surface area contributed by atoms with Gasteiger partial charge in [-0.3, -0.25) is 4.79 Å². The third-order valence-corrected chi connectivity index (χ3v) is 11.5. The van der Waals surface area contributed by atoms with Gasteiger partial charge in [-0.15, -0.1) is 0 Å². The van der Waals surface area contributed by atoms with Crippen molar-refractivity contribution >= 4 is 50.8 Å². The number of hydrazone groups is 1. The Morgan fingerprint density at radius 1 is 0.828 bits per heavy atom. The average molecular weight is 810 g/mol. The minimum atomic E-state index is -0.537. The number of anilines is 1. The van der Waals surface area contributed by atoms with Crippen LogP contribution in [0.25, 0.3) is 10.2 Å². The van der Waals surface area contributed by atoms with Crippen molar-refractivity contribution in [2.24, 2.45) is 16.9 Å². The van der Waals surface area contributed by atoms with E-state index in [-0.39, 0.29) is 11.9 Å². The highest BCUT2D eigenvalue weighted by Crippen LogP contribution is 2.34. The molecule has 11 heteroatoms. The predicted molar refractivity (Wildman–Crippen MR) is 232 cm³/mol. The fourth-order valence-electron chi connectivity index (χ4n) is 6.98. The smallest absolute Gasteiger partial charge is 0.343 e. The van der Waals surface area contributed by atoms with Crippen LogP contribution >= 0.6 is 11.3 Å². The largest absolute Gasteiger partial charge is 0.494 e. The Labute approximate surface area is 347 Å². The molecule has 4 aromatic rings. The highest BCUT2D eigenvalue weighted by Gasteiger charge is 2.28. The Balaban J connectivity index is 1.27. The number of fused-ring (bicyclic) bond motifs is 1. The predicted octanol–water partition coefficient (Wildman–Crippen LogP) is 11.5. The number of ether oxygens (including phenoxy) is 4. The first-order valence-corrected chi connectivity index (χ1v) is 22.0. The zero-order chi connectivity index (χ0) is 41.0. The van der Waals surface area contributed by atoms with Crippen LogP contribution in [-0.2, 0) is 14.3 Å². The zero-order valence-corrected chi connectivity index (χ0v) is 35.0. The Hall–Kier alpha value is -5.03. The third-order valence-electron chi connectivity index (χ3n) is 10.4. The molecule has 3 aromatic carbocycles. The number of unbranched alkanes of at least 4 members (excludes halogenated alkanes) is 7. The molecular formula is C47H59N3O7S. The fraction of sp³-hybridized carbons (Fsp3) is 0.468. The van der Waals surface area contributed by atoms with E-state index in [0.29, 0.717) is 54.1 Å². The minimum absolute atomic E-state index is 0.127. The van der Waals surface area contributed by atoms with Crippen LogP contribution in [0.1, 0.15) is 126 Å². The van der Waals surface area contributed by atoms with Crippen molar-refractivity contribution in [2.45, 2.75) is 110 Å². The zero-order valence-electron chi connectivity index (χ0n) is 34.2. The number of thiazole rings is 1. The van der Waals surface area contributed by atoms with Crippen LogP contribution < -0.4 is 19.2 Å². The summed E-state index contributed by atoms with van der Waals surface area (Å²) in [5.41, 5.74) is 1.78. The number of carbonyl (C=O) groups is 3. The maximum atomic E-state index is 13.5. The molecule has 0 atom stereocenters. The fourth-order valence-corrected chi connectivity index (χ4v) is 7.93. The van der Waals surface area contributed by atoms with Crippen LogP contribution in [0, 0.1) is 11.8 Å². The molecule has 1 aromatic heterocycles. The van der Waals surface area contributed by atoms with Crippen LogP contribution in [0.3, 0.4) is 0 Å². The number of carbonyl (C=O) groups excluding carboxylic acids is 3. The van der Waals surface area contributed by atoms with Gasteiger partial charge in [0.15, 0.2) is 0 Å². The Bertz CT molecular complexity index is 1900. The SMILES string of the molecule is C=CC(=O)OCCCCCCOc1ccc(C(=O)Oc2ccc(OC(=O)C3CCC(CCCC)CC3)cc2/C=N/N(CCCCCC)c2nc3ccccc3s2)cc1. The first kappa shape index (κ1) is 44.1. The molecule has 1 aliphatic rings. The second-order valence-electron chi connectivity index (χ2n) is 14.9. The van der Waals surface area contributed by atoms with Crippen LogP contribution in [0.2, 0.25) is 0 Å². The second-order valence-corrected chi connectivity index (χ2v) is 15.9. The lowest BCUT2D eigenvalue weighted by atomic mass is 9.80. The van der Waals surface area contributed by atoms with Gasteiger partial charge in [-0.2, -0.15) is 5.10 Å². The standard InChI is InChI=1S/C47H59N3O7S/c1-4-7-9-14-30-50(47-49-41-18-12-13-19-43(41)58-47)48-34-38-33-40(56-45(52)36-22-20-35(21-23-36)17-8-5-2)28-29-42(38)57-46(53)37-24-26-39(27-25-37)54-31-15-10-11-16-32-55-44(51)6-3/h6,12-13,18-19,24-29,33-36H,3-5,7-11,14-17,20-23,30-32H2,1-2H3/b48-34+. The lowest BCUT2D eigenvalue weighted by molar-refractivity contribution is -0.140. The summed E-state index contributed by atoms with van der Waals surface area (Å²) in [5.74, 6) is 0.729. The van der Waals surface area contributed by atoms with Crippen molar-refractivity contribution in [3.05, 3.63) is 90.5 Å². The molecule has 0 saturated heterocycles. The monoisotopic (exact) mass is 809 g/mol. The molecule has 310 valence electrons. The molecule has 0 N–H and O–H groups in total. The Morgan fingerprint density at radius 2 is 1.55 bits per heavy atom. The normalized spacial score (nSPS) is 15.3. The van der Waals surface area contributed by atoms with Crippen LogP contribution in [0.4, 0.5) is 5.13 Å². The lowest BCUT2D eigenvalue weighted by Gasteiger charge is -2.27. The van der Waals surface area contributed by atoms with Gasteiger partial charge in [-0.25, -0.2) is 19.6 Å². The molecule has 1 saturated carbocycles. The van der Waals surface area contributed by atoms with E-state index in [9.17, 15) is 14.4 Å². The maximum absolute atomic E-state index is 13.5. The van der Waals surface area contributed by atoms with E-state index in [1.54, 1.807) is 60.0 Å². The van der Waals surface area contributed by atoms with Gasteiger partial charge >= 0.3 is 17.9 Å². The van der Waals surface area contributed by atoms with Crippen molar-refractivity contribution in [1.29, 1.82) is 0 Å². The van der Waals surface area contributed by atoms with E-state index in [2.05, 4.69) is 26.5 Å². The topological polar surface area (TPSA) is 117 Å². The molecule has 0 bridgehead atoms. The molecule has 1 fully saturated rings. The van der Waals surface area contributed by atoms with Crippen LogP contribution in [-0.4, -0.2) is 48.9 Å². The van der Waals surface area contributed by atoms with Crippen molar-refractivity contribution in [1.82, 2.24) is 4.98 Å². The van der Waals surface area contributed by atoms with Gasteiger partial charge in [0.1, 0.15) is 17.2 Å². The van der Waals surface area contributed by atoms with Crippen LogP contribution in [0.5, 0.6) is 17.2 Å². The van der Waals surface area contributed by atoms with Gasteiger partial charge in [0.05, 0.1) is 41.1 Å². The van der Waals surface area contributed by atoms with Gasteiger partial charge in [0.25, 0.3) is 0 Å². The van der Waals surface area contributed by atoms with E-state index in [1.165, 1.54) is 25.3 Å². The number of benzene rings is 3. The highest BCUT2D eigenvalue weighted by molar-refractivity contribution is 7.22. The molecule has 0 unspecified atom stereocenters. The minimum Gasteiger partial charge on any atom is -0.494 e. The number of nitrogens with zero attached hydrogens (tertiary/aromatic N) is 3. The highest BCUT2D eigenvalue weighted by atomic mass is 32.1. The molecular weight excluding hydrogens is 751 g/mol. The Morgan fingerprint density at radius 3 is 2.29 bits per heavy atom. The number of rotatable bonds is 24. The number of aromatic nitrogens is 1. The summed E-state index contributed by atoms with van der Waals surface area (Å²) in [4.78, 5) is 42.9. The number of esters is 3.